The van der Waals surface area contributed by atoms with Crippen LogP contribution in [-0.4, -0.2) is 69.7 Å². The minimum atomic E-state index is -0.0537. The number of ether oxygens (including phenoxy) is 1. The zero-order valence-corrected chi connectivity index (χ0v) is 18.8. The van der Waals surface area contributed by atoms with Gasteiger partial charge in [0, 0.05) is 50.2 Å². The predicted molar refractivity (Wildman–Crippen MR) is 122 cm³/mol. The largest absolute Gasteiger partial charge is 0.497 e. The Hall–Kier alpha value is -3.42. The molecule has 1 aliphatic heterocycles. The van der Waals surface area contributed by atoms with Crippen LogP contribution >= 0.6 is 0 Å². The van der Waals surface area contributed by atoms with Gasteiger partial charge in [-0.05, 0) is 44.0 Å². The number of pyridine rings is 1. The number of amides is 2. The standard InChI is InChI=1S/C24H29N5O3/c1-17(2)29-23-19(16-26-29)14-20(15-25-23)24(31)28-12-10-27(11-13-28)22(30)9-6-18-4-7-21(32-3)8-5-18/h4-5,7-8,14-17H,6,9-13H2,1-3H3. The van der Waals surface area contributed by atoms with Gasteiger partial charge in [-0.1, -0.05) is 12.1 Å². The van der Waals surface area contributed by atoms with Gasteiger partial charge in [0.2, 0.25) is 5.91 Å². The highest BCUT2D eigenvalue weighted by molar-refractivity contribution is 5.97. The summed E-state index contributed by atoms with van der Waals surface area (Å²) in [7, 11) is 1.64. The number of aromatic nitrogens is 3. The molecule has 0 atom stereocenters. The Bertz CT molecular complexity index is 1100. The quantitative estimate of drug-likeness (QED) is 0.595. The zero-order valence-electron chi connectivity index (χ0n) is 18.8. The van der Waals surface area contributed by atoms with Gasteiger partial charge in [-0.2, -0.15) is 5.10 Å². The fourth-order valence-electron chi connectivity index (χ4n) is 3.98. The van der Waals surface area contributed by atoms with Crippen LogP contribution in [-0.2, 0) is 11.2 Å². The van der Waals surface area contributed by atoms with E-state index < -0.39 is 0 Å². The number of piperazine rings is 1. The van der Waals surface area contributed by atoms with Gasteiger partial charge in [-0.25, -0.2) is 9.67 Å². The highest BCUT2D eigenvalue weighted by atomic mass is 16.5. The molecule has 0 N–H and O–H groups in total. The van der Waals surface area contributed by atoms with Gasteiger partial charge in [0.1, 0.15) is 5.75 Å². The van der Waals surface area contributed by atoms with E-state index in [9.17, 15) is 9.59 Å². The fourth-order valence-corrected chi connectivity index (χ4v) is 3.98. The van der Waals surface area contributed by atoms with Crippen LogP contribution in [0.1, 0.15) is 42.2 Å². The first kappa shape index (κ1) is 21.8. The Morgan fingerprint density at radius 3 is 2.38 bits per heavy atom. The highest BCUT2D eigenvalue weighted by Gasteiger charge is 2.25. The van der Waals surface area contributed by atoms with Crippen molar-refractivity contribution >= 4 is 22.8 Å². The van der Waals surface area contributed by atoms with Crippen molar-refractivity contribution < 1.29 is 14.3 Å². The molecule has 8 nitrogen and oxygen atoms in total. The number of methoxy groups -OCH3 is 1. The van der Waals surface area contributed by atoms with Crippen LogP contribution in [0.2, 0.25) is 0 Å². The number of benzene rings is 1. The Morgan fingerprint density at radius 2 is 1.72 bits per heavy atom. The van der Waals surface area contributed by atoms with Crippen molar-refractivity contribution in [2.24, 2.45) is 0 Å². The molecule has 1 saturated heterocycles. The SMILES string of the molecule is COc1ccc(CCC(=O)N2CCN(C(=O)c3cnc4c(cnn4C(C)C)c3)CC2)cc1. The number of aryl methyl sites for hydroxylation is 1. The molecule has 168 valence electrons. The maximum atomic E-state index is 13.0. The van der Waals surface area contributed by atoms with Crippen molar-refractivity contribution in [2.45, 2.75) is 32.7 Å². The smallest absolute Gasteiger partial charge is 0.255 e. The van der Waals surface area contributed by atoms with E-state index in [-0.39, 0.29) is 17.9 Å². The first-order chi connectivity index (χ1) is 15.5. The third-order valence-electron chi connectivity index (χ3n) is 5.88. The molecule has 2 amide bonds. The molecule has 1 aromatic carbocycles. The number of carbonyl (C=O) groups excluding carboxylic acids is 2. The van der Waals surface area contributed by atoms with E-state index in [2.05, 4.69) is 10.1 Å². The monoisotopic (exact) mass is 435 g/mol. The Kier molecular flexibility index (Phi) is 6.39. The predicted octanol–water partition coefficient (Wildman–Crippen LogP) is 2.94. The molecule has 0 bridgehead atoms. The summed E-state index contributed by atoms with van der Waals surface area (Å²) in [6.07, 6.45) is 4.52. The number of fused-ring (bicyclic) bond motifs is 1. The van der Waals surface area contributed by atoms with Crippen LogP contribution in [0.4, 0.5) is 0 Å². The Labute approximate surface area is 187 Å². The van der Waals surface area contributed by atoms with Crippen LogP contribution in [0, 0.1) is 0 Å². The van der Waals surface area contributed by atoms with Crippen molar-refractivity contribution in [1.82, 2.24) is 24.6 Å². The van der Waals surface area contributed by atoms with E-state index in [1.54, 1.807) is 24.4 Å². The second kappa shape index (κ2) is 9.38. The average molecular weight is 436 g/mol. The van der Waals surface area contributed by atoms with Crippen molar-refractivity contribution in [2.75, 3.05) is 33.3 Å². The fraction of sp³-hybridized carbons (Fsp3) is 0.417. The summed E-state index contributed by atoms with van der Waals surface area (Å²) in [4.78, 5) is 33.7. The van der Waals surface area contributed by atoms with E-state index in [4.69, 9.17) is 4.74 Å². The van der Waals surface area contributed by atoms with Crippen LogP contribution in [0.25, 0.3) is 11.0 Å². The van der Waals surface area contributed by atoms with Gasteiger partial charge < -0.3 is 14.5 Å². The van der Waals surface area contributed by atoms with E-state index in [0.717, 1.165) is 22.3 Å². The van der Waals surface area contributed by atoms with Crippen molar-refractivity contribution in [3.8, 4) is 5.75 Å². The summed E-state index contributed by atoms with van der Waals surface area (Å²) < 4.78 is 7.01. The molecule has 0 unspecified atom stereocenters. The number of nitrogens with zero attached hydrogens (tertiary/aromatic N) is 5. The van der Waals surface area contributed by atoms with Crippen molar-refractivity contribution in [3.63, 3.8) is 0 Å². The highest BCUT2D eigenvalue weighted by Crippen LogP contribution is 2.19. The van der Waals surface area contributed by atoms with Crippen LogP contribution in [0.3, 0.4) is 0 Å². The molecular formula is C24H29N5O3. The number of rotatable bonds is 6. The number of hydrogen-bond acceptors (Lipinski definition) is 5. The lowest BCUT2D eigenvalue weighted by molar-refractivity contribution is -0.132. The molecule has 32 heavy (non-hydrogen) atoms. The molecule has 8 heteroatoms. The number of hydrogen-bond donors (Lipinski definition) is 0. The van der Waals surface area contributed by atoms with Gasteiger partial charge in [-0.3, -0.25) is 9.59 Å². The lowest BCUT2D eigenvalue weighted by atomic mass is 10.1. The zero-order chi connectivity index (χ0) is 22.7. The molecule has 4 rings (SSSR count). The summed E-state index contributed by atoms with van der Waals surface area (Å²) in [5.74, 6) is 0.878. The van der Waals surface area contributed by atoms with E-state index >= 15 is 0 Å². The molecule has 2 aromatic heterocycles. The topological polar surface area (TPSA) is 80.6 Å². The molecular weight excluding hydrogens is 406 g/mol. The summed E-state index contributed by atoms with van der Waals surface area (Å²) >= 11 is 0. The van der Waals surface area contributed by atoms with Crippen LogP contribution in [0.15, 0.2) is 42.7 Å². The van der Waals surface area contributed by atoms with Gasteiger partial charge in [-0.15, -0.1) is 0 Å². The maximum Gasteiger partial charge on any atom is 0.255 e. The lowest BCUT2D eigenvalue weighted by Gasteiger charge is -2.35. The average Bonchev–Trinajstić information content (AvgIpc) is 3.26. The first-order valence-corrected chi connectivity index (χ1v) is 11.0. The first-order valence-electron chi connectivity index (χ1n) is 11.0. The van der Waals surface area contributed by atoms with E-state index in [1.807, 2.05) is 53.8 Å². The second-order valence-electron chi connectivity index (χ2n) is 8.34. The summed E-state index contributed by atoms with van der Waals surface area (Å²) in [6, 6.07) is 9.84. The summed E-state index contributed by atoms with van der Waals surface area (Å²) in [6.45, 7) is 6.24. The third-order valence-corrected chi connectivity index (χ3v) is 5.88. The van der Waals surface area contributed by atoms with Gasteiger partial charge in [0.25, 0.3) is 5.91 Å². The molecule has 0 radical (unpaired) electrons. The molecule has 1 aliphatic rings. The summed E-state index contributed by atoms with van der Waals surface area (Å²) in [5.41, 5.74) is 2.44. The molecule has 1 fully saturated rings. The Morgan fingerprint density at radius 1 is 1.03 bits per heavy atom. The molecule has 0 spiro atoms. The van der Waals surface area contributed by atoms with Gasteiger partial charge in [0.05, 0.1) is 18.9 Å². The minimum absolute atomic E-state index is 0.0537. The molecule has 3 heterocycles. The van der Waals surface area contributed by atoms with Crippen LogP contribution < -0.4 is 4.74 Å². The third kappa shape index (κ3) is 4.59. The van der Waals surface area contributed by atoms with Crippen molar-refractivity contribution in [3.05, 3.63) is 53.9 Å². The molecule has 0 saturated carbocycles. The minimum Gasteiger partial charge on any atom is -0.497 e. The maximum absolute atomic E-state index is 13.0. The second-order valence-corrected chi connectivity index (χ2v) is 8.34. The van der Waals surface area contributed by atoms with E-state index in [0.29, 0.717) is 44.6 Å². The van der Waals surface area contributed by atoms with Crippen LogP contribution in [0.5, 0.6) is 5.75 Å². The molecule has 3 aromatic rings. The Balaban J connectivity index is 1.31. The van der Waals surface area contributed by atoms with Gasteiger partial charge in [0.15, 0.2) is 5.65 Å². The molecule has 0 aliphatic carbocycles. The number of carbonyl (C=O) groups is 2. The van der Waals surface area contributed by atoms with Crippen molar-refractivity contribution in [1.29, 1.82) is 0 Å². The van der Waals surface area contributed by atoms with Gasteiger partial charge >= 0.3 is 0 Å². The van der Waals surface area contributed by atoms with E-state index in [1.165, 1.54) is 0 Å². The normalized spacial score (nSPS) is 14.2. The summed E-state index contributed by atoms with van der Waals surface area (Å²) in [5, 5.41) is 5.22. The lowest BCUT2D eigenvalue weighted by Crippen LogP contribution is -2.50.